The molecule has 0 fully saturated rings. The number of carbonyl (C=O) groups excluding carboxylic acids is 2. The molecule has 0 aliphatic carbocycles. The highest BCUT2D eigenvalue weighted by molar-refractivity contribution is 5.97. The molecule has 1 atom stereocenters. The molecular formula is C17H16N2O4. The minimum Gasteiger partial charge on any atom is -0.454 e. The van der Waals surface area contributed by atoms with Gasteiger partial charge in [-0.15, -0.1) is 0 Å². The molecule has 23 heavy (non-hydrogen) atoms. The van der Waals surface area contributed by atoms with E-state index in [1.54, 1.807) is 12.1 Å². The van der Waals surface area contributed by atoms with Gasteiger partial charge in [0.25, 0.3) is 5.91 Å². The molecule has 0 radical (unpaired) electrons. The Morgan fingerprint density at radius 3 is 2.39 bits per heavy atom. The van der Waals surface area contributed by atoms with Crippen LogP contribution in [0.25, 0.3) is 0 Å². The molecule has 6 nitrogen and oxygen atoms in total. The van der Waals surface area contributed by atoms with Crippen LogP contribution in [0.15, 0.2) is 42.5 Å². The number of rotatable bonds is 4. The maximum Gasteiger partial charge on any atom is 0.251 e. The van der Waals surface area contributed by atoms with Gasteiger partial charge in [0, 0.05) is 11.1 Å². The molecule has 0 saturated carbocycles. The Kier molecular flexibility index (Phi) is 3.89. The Balaban J connectivity index is 1.70. The number of hydrogen-bond acceptors (Lipinski definition) is 4. The zero-order valence-electron chi connectivity index (χ0n) is 12.5. The first kappa shape index (κ1) is 14.9. The summed E-state index contributed by atoms with van der Waals surface area (Å²) in [5.41, 5.74) is 6.92. The SMILES string of the molecule is CC(NC(=O)c1ccc(C(N)=O)cc1)c1ccc2c(c1)OCO2. The average molecular weight is 312 g/mol. The standard InChI is InChI=1S/C17H16N2O4/c1-10(13-6-7-14-15(8-13)23-9-22-14)19-17(21)12-4-2-11(3-5-12)16(18)20/h2-8,10H,9H2,1H3,(H2,18,20)(H,19,21). The molecular weight excluding hydrogens is 296 g/mol. The van der Waals surface area contributed by atoms with Gasteiger partial charge in [0.1, 0.15) is 0 Å². The van der Waals surface area contributed by atoms with E-state index in [-0.39, 0.29) is 18.7 Å². The summed E-state index contributed by atoms with van der Waals surface area (Å²) in [6.45, 7) is 2.10. The van der Waals surface area contributed by atoms with Gasteiger partial charge in [-0.05, 0) is 48.9 Å². The first-order valence-corrected chi connectivity index (χ1v) is 7.15. The van der Waals surface area contributed by atoms with E-state index in [9.17, 15) is 9.59 Å². The highest BCUT2D eigenvalue weighted by Gasteiger charge is 2.17. The molecule has 118 valence electrons. The number of fused-ring (bicyclic) bond motifs is 1. The molecule has 0 saturated heterocycles. The highest BCUT2D eigenvalue weighted by atomic mass is 16.7. The number of amides is 2. The molecule has 2 aromatic carbocycles. The van der Waals surface area contributed by atoms with E-state index < -0.39 is 5.91 Å². The molecule has 3 rings (SSSR count). The Morgan fingerprint density at radius 1 is 1.04 bits per heavy atom. The van der Waals surface area contributed by atoms with Crippen LogP contribution in [0, 0.1) is 0 Å². The largest absolute Gasteiger partial charge is 0.454 e. The van der Waals surface area contributed by atoms with E-state index in [4.69, 9.17) is 15.2 Å². The molecule has 3 N–H and O–H groups in total. The fourth-order valence-corrected chi connectivity index (χ4v) is 2.33. The summed E-state index contributed by atoms with van der Waals surface area (Å²) in [7, 11) is 0. The highest BCUT2D eigenvalue weighted by Crippen LogP contribution is 2.34. The third kappa shape index (κ3) is 3.11. The third-order valence-electron chi connectivity index (χ3n) is 3.68. The maximum atomic E-state index is 12.3. The molecule has 1 unspecified atom stereocenters. The van der Waals surface area contributed by atoms with Crippen molar-refractivity contribution in [1.82, 2.24) is 5.32 Å². The van der Waals surface area contributed by atoms with Crippen molar-refractivity contribution in [3.63, 3.8) is 0 Å². The monoisotopic (exact) mass is 312 g/mol. The number of ether oxygens (including phenoxy) is 2. The van der Waals surface area contributed by atoms with E-state index >= 15 is 0 Å². The zero-order valence-corrected chi connectivity index (χ0v) is 12.5. The molecule has 0 bridgehead atoms. The first-order chi connectivity index (χ1) is 11.0. The van der Waals surface area contributed by atoms with Crippen molar-refractivity contribution in [3.8, 4) is 11.5 Å². The van der Waals surface area contributed by atoms with Crippen molar-refractivity contribution in [2.24, 2.45) is 5.73 Å². The van der Waals surface area contributed by atoms with Crippen LogP contribution in [0.4, 0.5) is 0 Å². The van der Waals surface area contributed by atoms with E-state index in [0.29, 0.717) is 22.6 Å². The summed E-state index contributed by atoms with van der Waals surface area (Å²) in [6.07, 6.45) is 0. The Hall–Kier alpha value is -3.02. The van der Waals surface area contributed by atoms with Crippen molar-refractivity contribution in [3.05, 3.63) is 59.2 Å². The Labute approximate surface area is 133 Å². The fourth-order valence-electron chi connectivity index (χ4n) is 2.33. The summed E-state index contributed by atoms with van der Waals surface area (Å²) < 4.78 is 10.6. The quantitative estimate of drug-likeness (QED) is 0.903. The van der Waals surface area contributed by atoms with Gasteiger partial charge in [0.15, 0.2) is 11.5 Å². The van der Waals surface area contributed by atoms with Crippen LogP contribution in [0.5, 0.6) is 11.5 Å². The van der Waals surface area contributed by atoms with E-state index in [2.05, 4.69) is 5.32 Å². The van der Waals surface area contributed by atoms with Gasteiger partial charge >= 0.3 is 0 Å². The van der Waals surface area contributed by atoms with Crippen molar-refractivity contribution >= 4 is 11.8 Å². The van der Waals surface area contributed by atoms with E-state index in [1.165, 1.54) is 12.1 Å². The molecule has 1 aliphatic heterocycles. The smallest absolute Gasteiger partial charge is 0.251 e. The topological polar surface area (TPSA) is 90.7 Å². The minimum atomic E-state index is -0.523. The normalized spacial score (nSPS) is 13.4. The lowest BCUT2D eigenvalue weighted by atomic mass is 10.1. The van der Waals surface area contributed by atoms with Gasteiger partial charge < -0.3 is 20.5 Å². The summed E-state index contributed by atoms with van der Waals surface area (Å²) in [5, 5.41) is 2.90. The van der Waals surface area contributed by atoms with Crippen LogP contribution in [-0.4, -0.2) is 18.6 Å². The second-order valence-corrected chi connectivity index (χ2v) is 5.25. The third-order valence-corrected chi connectivity index (χ3v) is 3.68. The Bertz CT molecular complexity index is 756. The van der Waals surface area contributed by atoms with Crippen LogP contribution < -0.4 is 20.5 Å². The van der Waals surface area contributed by atoms with Gasteiger partial charge in [0.2, 0.25) is 12.7 Å². The number of primary amides is 1. The summed E-state index contributed by atoms with van der Waals surface area (Å²) in [4.78, 5) is 23.3. The fraction of sp³-hybridized carbons (Fsp3) is 0.176. The van der Waals surface area contributed by atoms with Crippen LogP contribution in [0.1, 0.15) is 39.2 Å². The number of nitrogens with one attached hydrogen (secondary N) is 1. The van der Waals surface area contributed by atoms with Crippen molar-refractivity contribution in [1.29, 1.82) is 0 Å². The molecule has 1 heterocycles. The average Bonchev–Trinajstić information content (AvgIpc) is 3.02. The number of nitrogens with two attached hydrogens (primary N) is 1. The molecule has 1 aliphatic rings. The summed E-state index contributed by atoms with van der Waals surface area (Å²) in [6, 6.07) is 11.6. The lowest BCUT2D eigenvalue weighted by Crippen LogP contribution is -2.26. The van der Waals surface area contributed by atoms with Crippen LogP contribution in [0.2, 0.25) is 0 Å². The zero-order chi connectivity index (χ0) is 16.4. The van der Waals surface area contributed by atoms with Crippen LogP contribution in [0.3, 0.4) is 0 Å². The van der Waals surface area contributed by atoms with Crippen LogP contribution >= 0.6 is 0 Å². The van der Waals surface area contributed by atoms with Gasteiger partial charge in [-0.3, -0.25) is 9.59 Å². The first-order valence-electron chi connectivity index (χ1n) is 7.15. The number of benzene rings is 2. The lowest BCUT2D eigenvalue weighted by Gasteiger charge is -2.15. The van der Waals surface area contributed by atoms with Gasteiger partial charge in [-0.1, -0.05) is 6.07 Å². The summed E-state index contributed by atoms with van der Waals surface area (Å²) >= 11 is 0. The van der Waals surface area contributed by atoms with Gasteiger partial charge in [-0.2, -0.15) is 0 Å². The summed E-state index contributed by atoms with van der Waals surface area (Å²) in [5.74, 6) is 0.626. The second-order valence-electron chi connectivity index (χ2n) is 5.25. The van der Waals surface area contributed by atoms with Crippen molar-refractivity contribution in [2.75, 3.05) is 6.79 Å². The predicted octanol–water partition coefficient (Wildman–Crippen LogP) is 2.01. The molecule has 0 spiro atoms. The van der Waals surface area contributed by atoms with Crippen molar-refractivity contribution < 1.29 is 19.1 Å². The van der Waals surface area contributed by atoms with Crippen LogP contribution in [-0.2, 0) is 0 Å². The van der Waals surface area contributed by atoms with Gasteiger partial charge in [-0.25, -0.2) is 0 Å². The van der Waals surface area contributed by atoms with Crippen molar-refractivity contribution in [2.45, 2.75) is 13.0 Å². The lowest BCUT2D eigenvalue weighted by molar-refractivity contribution is 0.0937. The number of hydrogen-bond donors (Lipinski definition) is 2. The minimum absolute atomic E-state index is 0.201. The van der Waals surface area contributed by atoms with Gasteiger partial charge in [0.05, 0.1) is 6.04 Å². The second kappa shape index (κ2) is 6.00. The molecule has 2 amide bonds. The molecule has 0 aromatic heterocycles. The Morgan fingerprint density at radius 2 is 1.70 bits per heavy atom. The molecule has 2 aromatic rings. The predicted molar refractivity (Wildman–Crippen MR) is 83.4 cm³/mol. The van der Waals surface area contributed by atoms with E-state index in [0.717, 1.165) is 5.56 Å². The van der Waals surface area contributed by atoms with E-state index in [1.807, 2.05) is 25.1 Å². The molecule has 6 heteroatoms. The maximum absolute atomic E-state index is 12.3. The number of carbonyl (C=O) groups is 2.